The maximum Gasteiger partial charge on any atom is 0.501 e. The Morgan fingerprint density at radius 2 is 2.00 bits per heavy atom. The van der Waals surface area contributed by atoms with Gasteiger partial charge in [-0.15, -0.1) is 0 Å². The number of sulfone groups is 1. The van der Waals surface area contributed by atoms with Crippen molar-refractivity contribution in [3.63, 3.8) is 0 Å². The fourth-order valence-corrected chi connectivity index (χ4v) is 2.66. The number of halogens is 3. The molecular weight excluding hydrogens is 369 g/mol. The van der Waals surface area contributed by atoms with Gasteiger partial charge in [0.25, 0.3) is 15.5 Å². The van der Waals surface area contributed by atoms with Crippen molar-refractivity contribution < 1.29 is 31.0 Å². The highest BCUT2D eigenvalue weighted by Crippen LogP contribution is 2.35. The van der Waals surface area contributed by atoms with Crippen LogP contribution in [0.15, 0.2) is 27.6 Å². The van der Waals surface area contributed by atoms with Gasteiger partial charge in [0.1, 0.15) is 5.69 Å². The van der Waals surface area contributed by atoms with Gasteiger partial charge >= 0.3 is 5.51 Å². The van der Waals surface area contributed by atoms with Crippen LogP contribution in [-0.4, -0.2) is 29.0 Å². The zero-order valence-electron chi connectivity index (χ0n) is 12.7. The first-order valence-corrected chi connectivity index (χ1v) is 8.08. The summed E-state index contributed by atoms with van der Waals surface area (Å²) in [5.74, 6) is 0.420. The number of nitro benzene ring substituents is 1. The van der Waals surface area contributed by atoms with Gasteiger partial charge in [-0.2, -0.15) is 18.2 Å². The van der Waals surface area contributed by atoms with Gasteiger partial charge < -0.3 is 9.84 Å². The second-order valence-electron chi connectivity index (χ2n) is 4.92. The van der Waals surface area contributed by atoms with Gasteiger partial charge in [0, 0.05) is 13.0 Å². The van der Waals surface area contributed by atoms with E-state index < -0.39 is 36.9 Å². The molecule has 25 heavy (non-hydrogen) atoms. The molecule has 0 aliphatic carbocycles. The van der Waals surface area contributed by atoms with E-state index in [1.165, 1.54) is 13.8 Å². The van der Waals surface area contributed by atoms with Crippen LogP contribution < -0.4 is 5.32 Å². The lowest BCUT2D eigenvalue weighted by molar-refractivity contribution is -0.384. The summed E-state index contributed by atoms with van der Waals surface area (Å²) in [5.41, 5.74) is -6.59. The van der Waals surface area contributed by atoms with Crippen LogP contribution in [0.1, 0.15) is 24.7 Å². The first-order chi connectivity index (χ1) is 11.4. The summed E-state index contributed by atoms with van der Waals surface area (Å²) >= 11 is 0. The summed E-state index contributed by atoms with van der Waals surface area (Å²) in [4.78, 5) is 12.8. The topological polar surface area (TPSA) is 128 Å². The van der Waals surface area contributed by atoms with Crippen molar-refractivity contribution in [2.75, 3.05) is 5.32 Å². The summed E-state index contributed by atoms with van der Waals surface area (Å²) in [5, 5.41) is 17.4. The molecular formula is C12H11F3N4O5S. The van der Waals surface area contributed by atoms with E-state index in [1.807, 2.05) is 0 Å². The molecule has 1 aromatic heterocycles. The van der Waals surface area contributed by atoms with E-state index in [0.717, 1.165) is 6.07 Å². The smallest absolute Gasteiger partial charge is 0.370 e. The van der Waals surface area contributed by atoms with E-state index in [0.29, 0.717) is 12.1 Å². The Labute approximate surface area is 138 Å². The first kappa shape index (κ1) is 18.6. The van der Waals surface area contributed by atoms with Gasteiger partial charge in [-0.25, -0.2) is 8.42 Å². The highest BCUT2D eigenvalue weighted by Gasteiger charge is 2.47. The maximum absolute atomic E-state index is 12.6. The van der Waals surface area contributed by atoms with Crippen molar-refractivity contribution in [1.82, 2.24) is 10.1 Å². The molecule has 1 heterocycles. The van der Waals surface area contributed by atoms with Gasteiger partial charge in [0.05, 0.1) is 15.9 Å². The molecule has 1 atom stereocenters. The molecule has 0 aliphatic rings. The maximum atomic E-state index is 12.6. The highest BCUT2D eigenvalue weighted by molar-refractivity contribution is 7.92. The average Bonchev–Trinajstić information content (AvgIpc) is 2.92. The standard InChI is InChI=1S/C12H11F3N4O5S/c1-6(11-17-7(2)24-18-11)16-9-4-3-8(5-10(9)19(20)21)25(22,23)12(13,14)15/h3-6,16H,1-2H3/t6-/m1/s1. The number of nitro groups is 1. The molecule has 0 radical (unpaired) electrons. The molecule has 0 spiro atoms. The van der Waals surface area contributed by atoms with Crippen LogP contribution >= 0.6 is 0 Å². The number of hydrogen-bond donors (Lipinski definition) is 1. The highest BCUT2D eigenvalue weighted by atomic mass is 32.2. The molecule has 0 fully saturated rings. The monoisotopic (exact) mass is 380 g/mol. The van der Waals surface area contributed by atoms with Crippen LogP contribution in [0.25, 0.3) is 0 Å². The van der Waals surface area contributed by atoms with Crippen molar-refractivity contribution in [1.29, 1.82) is 0 Å². The Morgan fingerprint density at radius 1 is 1.36 bits per heavy atom. The fraction of sp³-hybridized carbons (Fsp3) is 0.333. The van der Waals surface area contributed by atoms with Gasteiger partial charge in [-0.1, -0.05) is 5.16 Å². The Hall–Kier alpha value is -2.70. The van der Waals surface area contributed by atoms with E-state index in [4.69, 9.17) is 4.52 Å². The number of aromatic nitrogens is 2. The number of alkyl halides is 3. The zero-order valence-corrected chi connectivity index (χ0v) is 13.6. The molecule has 0 saturated heterocycles. The number of aryl methyl sites for hydroxylation is 1. The summed E-state index contributed by atoms with van der Waals surface area (Å²) < 4.78 is 65.3. The molecule has 136 valence electrons. The van der Waals surface area contributed by atoms with Crippen molar-refractivity contribution >= 4 is 21.2 Å². The molecule has 0 unspecified atom stereocenters. The fourth-order valence-electron chi connectivity index (χ4n) is 1.87. The van der Waals surface area contributed by atoms with Crippen LogP contribution in [0, 0.1) is 17.0 Å². The number of benzene rings is 1. The number of nitrogens with one attached hydrogen (secondary N) is 1. The predicted octanol–water partition coefficient (Wildman–Crippen LogP) is 2.75. The van der Waals surface area contributed by atoms with E-state index in [-0.39, 0.29) is 17.4 Å². The van der Waals surface area contributed by atoms with Crippen molar-refractivity contribution in [3.05, 3.63) is 40.0 Å². The van der Waals surface area contributed by atoms with Gasteiger partial charge in [0.2, 0.25) is 5.89 Å². The lowest BCUT2D eigenvalue weighted by Gasteiger charge is -2.13. The number of nitrogens with zero attached hydrogens (tertiary/aromatic N) is 3. The molecule has 1 N–H and O–H groups in total. The predicted molar refractivity (Wildman–Crippen MR) is 77.4 cm³/mol. The molecule has 0 aliphatic heterocycles. The molecule has 9 nitrogen and oxygen atoms in total. The number of anilines is 1. The molecule has 13 heteroatoms. The van der Waals surface area contributed by atoms with Crippen LogP contribution in [0.5, 0.6) is 0 Å². The third-order valence-electron chi connectivity index (χ3n) is 3.08. The number of hydrogen-bond acceptors (Lipinski definition) is 8. The first-order valence-electron chi connectivity index (χ1n) is 6.60. The van der Waals surface area contributed by atoms with Crippen molar-refractivity contribution in [2.45, 2.75) is 30.3 Å². The van der Waals surface area contributed by atoms with E-state index in [2.05, 4.69) is 15.5 Å². The molecule has 0 saturated carbocycles. The Bertz CT molecular complexity index is 910. The lowest BCUT2D eigenvalue weighted by Crippen LogP contribution is -2.23. The van der Waals surface area contributed by atoms with Crippen LogP contribution in [-0.2, 0) is 9.84 Å². The SMILES string of the molecule is Cc1nc([C@@H](C)Nc2ccc(S(=O)(=O)C(F)(F)F)cc2[N+](=O)[O-])no1. The summed E-state index contributed by atoms with van der Waals surface area (Å²) in [7, 11) is -5.70. The third-order valence-corrected chi connectivity index (χ3v) is 4.57. The Balaban J connectivity index is 2.42. The van der Waals surface area contributed by atoms with Crippen molar-refractivity contribution in [3.8, 4) is 0 Å². The second kappa shape index (κ2) is 6.31. The molecule has 1 aromatic carbocycles. The minimum absolute atomic E-state index is 0.166. The minimum atomic E-state index is -5.70. The molecule has 0 bridgehead atoms. The van der Waals surface area contributed by atoms with Crippen LogP contribution in [0.2, 0.25) is 0 Å². The average molecular weight is 380 g/mol. The molecule has 0 amide bonds. The third kappa shape index (κ3) is 3.70. The second-order valence-corrected chi connectivity index (χ2v) is 6.86. The zero-order chi connectivity index (χ0) is 19.0. The quantitative estimate of drug-likeness (QED) is 0.619. The number of rotatable bonds is 5. The minimum Gasteiger partial charge on any atom is -0.370 e. The van der Waals surface area contributed by atoms with E-state index in [9.17, 15) is 31.7 Å². The normalized spacial score (nSPS) is 13.5. The van der Waals surface area contributed by atoms with Crippen molar-refractivity contribution in [2.24, 2.45) is 0 Å². The van der Waals surface area contributed by atoms with E-state index in [1.54, 1.807) is 0 Å². The summed E-state index contributed by atoms with van der Waals surface area (Å²) in [6.45, 7) is 3.07. The Morgan fingerprint density at radius 3 is 2.48 bits per heavy atom. The van der Waals surface area contributed by atoms with Crippen LogP contribution in [0.4, 0.5) is 24.5 Å². The van der Waals surface area contributed by atoms with Gasteiger partial charge in [-0.3, -0.25) is 10.1 Å². The molecule has 2 rings (SSSR count). The molecule has 2 aromatic rings. The summed E-state index contributed by atoms with van der Waals surface area (Å²) in [6, 6.07) is 1.17. The Kier molecular flexibility index (Phi) is 4.70. The van der Waals surface area contributed by atoms with E-state index >= 15 is 0 Å². The van der Waals surface area contributed by atoms with Gasteiger partial charge in [-0.05, 0) is 19.1 Å². The van der Waals surface area contributed by atoms with Crippen LogP contribution in [0.3, 0.4) is 0 Å². The summed E-state index contributed by atoms with van der Waals surface area (Å²) in [6.07, 6.45) is 0. The van der Waals surface area contributed by atoms with Gasteiger partial charge in [0.15, 0.2) is 5.82 Å². The lowest BCUT2D eigenvalue weighted by atomic mass is 10.2. The largest absolute Gasteiger partial charge is 0.501 e.